The van der Waals surface area contributed by atoms with Gasteiger partial charge in [-0.1, -0.05) is 31.9 Å². The number of allylic oxidation sites excluding steroid dienone is 2. The lowest BCUT2D eigenvalue weighted by Gasteiger charge is -2.44. The standard InChI is InChI=1S/C16H26O/c1-11(12(2)17)14-9-5-7-13-8-6-10-16(3,4)15(13)14/h11,14H,5-10H2,1-4H3/t11-,14+/m0/s1. The molecule has 0 amide bonds. The van der Waals surface area contributed by atoms with E-state index >= 15 is 0 Å². The molecule has 0 unspecified atom stereocenters. The Kier molecular flexibility index (Phi) is 3.47. The highest BCUT2D eigenvalue weighted by Crippen LogP contribution is 2.50. The molecule has 2 atom stereocenters. The van der Waals surface area contributed by atoms with Crippen LogP contribution in [-0.2, 0) is 4.79 Å². The van der Waals surface area contributed by atoms with Crippen molar-refractivity contribution >= 4 is 5.78 Å². The van der Waals surface area contributed by atoms with E-state index in [4.69, 9.17) is 0 Å². The maximum atomic E-state index is 11.7. The van der Waals surface area contributed by atoms with Gasteiger partial charge in [-0.05, 0) is 56.8 Å². The van der Waals surface area contributed by atoms with Crippen LogP contribution >= 0.6 is 0 Å². The molecule has 0 N–H and O–H groups in total. The summed E-state index contributed by atoms with van der Waals surface area (Å²) in [7, 11) is 0. The molecule has 1 nitrogen and oxygen atoms in total. The van der Waals surface area contributed by atoms with E-state index in [1.807, 2.05) is 0 Å². The summed E-state index contributed by atoms with van der Waals surface area (Å²) in [5.74, 6) is 1.12. The zero-order chi connectivity index (χ0) is 12.6. The first-order chi connectivity index (χ1) is 7.93. The highest BCUT2D eigenvalue weighted by atomic mass is 16.1. The summed E-state index contributed by atoms with van der Waals surface area (Å²) in [4.78, 5) is 11.7. The number of carbonyl (C=O) groups is 1. The first-order valence-corrected chi connectivity index (χ1v) is 7.16. The lowest BCUT2D eigenvalue weighted by atomic mass is 9.61. The van der Waals surface area contributed by atoms with Crippen LogP contribution in [-0.4, -0.2) is 5.78 Å². The minimum absolute atomic E-state index is 0.220. The Morgan fingerprint density at radius 1 is 1.29 bits per heavy atom. The Balaban J connectivity index is 2.37. The monoisotopic (exact) mass is 234 g/mol. The van der Waals surface area contributed by atoms with E-state index in [9.17, 15) is 4.79 Å². The molecule has 0 saturated carbocycles. The number of hydrogen-bond acceptors (Lipinski definition) is 1. The maximum Gasteiger partial charge on any atom is 0.133 e. The van der Waals surface area contributed by atoms with Gasteiger partial charge in [0.1, 0.15) is 5.78 Å². The molecule has 2 aliphatic rings. The van der Waals surface area contributed by atoms with E-state index < -0.39 is 0 Å². The van der Waals surface area contributed by atoms with Crippen LogP contribution in [0.4, 0.5) is 0 Å². The smallest absolute Gasteiger partial charge is 0.133 e. The van der Waals surface area contributed by atoms with Crippen LogP contribution in [0.3, 0.4) is 0 Å². The van der Waals surface area contributed by atoms with E-state index in [2.05, 4.69) is 20.8 Å². The van der Waals surface area contributed by atoms with Crippen molar-refractivity contribution < 1.29 is 4.79 Å². The van der Waals surface area contributed by atoms with Crippen molar-refractivity contribution in [3.8, 4) is 0 Å². The van der Waals surface area contributed by atoms with Gasteiger partial charge in [-0.15, -0.1) is 0 Å². The molecule has 0 bridgehead atoms. The van der Waals surface area contributed by atoms with Crippen LogP contribution in [0.2, 0.25) is 0 Å². The molecule has 0 heterocycles. The normalized spacial score (nSPS) is 29.8. The molecule has 17 heavy (non-hydrogen) atoms. The summed E-state index contributed by atoms with van der Waals surface area (Å²) < 4.78 is 0. The highest BCUT2D eigenvalue weighted by Gasteiger charge is 2.39. The van der Waals surface area contributed by atoms with Crippen LogP contribution < -0.4 is 0 Å². The van der Waals surface area contributed by atoms with Crippen molar-refractivity contribution in [2.75, 3.05) is 0 Å². The van der Waals surface area contributed by atoms with Gasteiger partial charge in [0.15, 0.2) is 0 Å². The third-order valence-corrected chi connectivity index (χ3v) is 5.00. The van der Waals surface area contributed by atoms with Gasteiger partial charge in [0, 0.05) is 5.92 Å². The molecule has 0 aliphatic heterocycles. The fourth-order valence-electron chi connectivity index (χ4n) is 3.98. The van der Waals surface area contributed by atoms with Crippen molar-refractivity contribution in [2.24, 2.45) is 17.3 Å². The topological polar surface area (TPSA) is 17.1 Å². The predicted molar refractivity (Wildman–Crippen MR) is 71.8 cm³/mol. The number of hydrogen-bond donors (Lipinski definition) is 0. The minimum Gasteiger partial charge on any atom is -0.300 e. The molecule has 2 aliphatic carbocycles. The van der Waals surface area contributed by atoms with E-state index in [1.54, 1.807) is 18.1 Å². The lowest BCUT2D eigenvalue weighted by Crippen LogP contribution is -2.34. The largest absolute Gasteiger partial charge is 0.300 e. The van der Waals surface area contributed by atoms with E-state index in [0.717, 1.165) is 0 Å². The second-order valence-electron chi connectivity index (χ2n) is 6.65. The van der Waals surface area contributed by atoms with Crippen LogP contribution in [0, 0.1) is 17.3 Å². The van der Waals surface area contributed by atoms with Crippen LogP contribution in [0.25, 0.3) is 0 Å². The maximum absolute atomic E-state index is 11.7. The first kappa shape index (κ1) is 12.9. The Morgan fingerprint density at radius 3 is 2.59 bits per heavy atom. The summed E-state index contributed by atoms with van der Waals surface area (Å²) in [6.07, 6.45) is 7.74. The second-order valence-corrected chi connectivity index (χ2v) is 6.65. The number of Topliss-reactive ketones (excluding diaryl/α,β-unsaturated/α-hetero) is 1. The van der Waals surface area contributed by atoms with Crippen molar-refractivity contribution in [3.05, 3.63) is 11.1 Å². The fraction of sp³-hybridized carbons (Fsp3) is 0.812. The molecule has 96 valence electrons. The number of ketones is 1. The molecular weight excluding hydrogens is 208 g/mol. The molecule has 0 fully saturated rings. The first-order valence-electron chi connectivity index (χ1n) is 7.16. The van der Waals surface area contributed by atoms with Crippen molar-refractivity contribution in [2.45, 2.75) is 66.2 Å². The Bertz CT molecular complexity index is 345. The van der Waals surface area contributed by atoms with Gasteiger partial charge in [0.05, 0.1) is 0 Å². The third-order valence-electron chi connectivity index (χ3n) is 5.00. The summed E-state index contributed by atoms with van der Waals surface area (Å²) in [5.41, 5.74) is 3.70. The molecule has 0 aromatic rings. The Hall–Kier alpha value is -0.590. The van der Waals surface area contributed by atoms with Crippen molar-refractivity contribution in [1.29, 1.82) is 0 Å². The van der Waals surface area contributed by atoms with E-state index in [1.165, 1.54) is 38.5 Å². The second kappa shape index (κ2) is 4.59. The van der Waals surface area contributed by atoms with Gasteiger partial charge < -0.3 is 0 Å². The van der Waals surface area contributed by atoms with Gasteiger partial charge in [0.25, 0.3) is 0 Å². The van der Waals surface area contributed by atoms with Crippen LogP contribution in [0.5, 0.6) is 0 Å². The van der Waals surface area contributed by atoms with Gasteiger partial charge in [0.2, 0.25) is 0 Å². The van der Waals surface area contributed by atoms with Crippen LogP contribution in [0.15, 0.2) is 11.1 Å². The molecule has 2 rings (SSSR count). The molecule has 1 heteroatoms. The molecule has 0 radical (unpaired) electrons. The van der Waals surface area contributed by atoms with E-state index in [0.29, 0.717) is 17.1 Å². The number of carbonyl (C=O) groups excluding carboxylic acids is 1. The lowest BCUT2D eigenvalue weighted by molar-refractivity contribution is -0.121. The predicted octanol–water partition coefficient (Wildman–Crippen LogP) is 4.52. The minimum atomic E-state index is 0.220. The van der Waals surface area contributed by atoms with Gasteiger partial charge >= 0.3 is 0 Å². The molecule has 0 aromatic heterocycles. The number of rotatable bonds is 2. The van der Waals surface area contributed by atoms with Gasteiger partial charge in [-0.25, -0.2) is 0 Å². The summed E-state index contributed by atoms with van der Waals surface area (Å²) >= 11 is 0. The average molecular weight is 234 g/mol. The quantitative estimate of drug-likeness (QED) is 0.642. The highest BCUT2D eigenvalue weighted by molar-refractivity contribution is 5.78. The summed E-state index contributed by atoms with van der Waals surface area (Å²) in [6, 6.07) is 0. The van der Waals surface area contributed by atoms with Crippen LogP contribution in [0.1, 0.15) is 66.2 Å². The SMILES string of the molecule is CC(=O)[C@H](C)[C@H]1CCCC2=C1C(C)(C)CCC2. The third kappa shape index (κ3) is 2.34. The van der Waals surface area contributed by atoms with Crippen molar-refractivity contribution in [3.63, 3.8) is 0 Å². The summed E-state index contributed by atoms with van der Waals surface area (Å²) in [6.45, 7) is 8.66. The summed E-state index contributed by atoms with van der Waals surface area (Å²) in [5, 5.41) is 0. The molecular formula is C16H26O. The van der Waals surface area contributed by atoms with Gasteiger partial charge in [-0.3, -0.25) is 4.79 Å². The van der Waals surface area contributed by atoms with E-state index in [-0.39, 0.29) is 5.92 Å². The van der Waals surface area contributed by atoms with Gasteiger partial charge in [-0.2, -0.15) is 0 Å². The molecule has 0 saturated heterocycles. The average Bonchev–Trinajstić information content (AvgIpc) is 2.26. The fourth-order valence-corrected chi connectivity index (χ4v) is 3.98. The Morgan fingerprint density at radius 2 is 1.94 bits per heavy atom. The molecule has 0 aromatic carbocycles. The zero-order valence-electron chi connectivity index (χ0n) is 11.8. The van der Waals surface area contributed by atoms with Crippen molar-refractivity contribution in [1.82, 2.24) is 0 Å². The Labute approximate surface area is 106 Å². The molecule has 0 spiro atoms. The zero-order valence-corrected chi connectivity index (χ0v) is 11.8.